The van der Waals surface area contributed by atoms with Crippen LogP contribution in [0.15, 0.2) is 24.3 Å². The SMILES string of the molecule is CCOCCOc1ccc(NC(=O)C2(OC)CCC(C)CC2)cc1. The van der Waals surface area contributed by atoms with E-state index in [4.69, 9.17) is 14.2 Å². The molecule has 1 aromatic carbocycles. The Bertz CT molecular complexity index is 507. The maximum atomic E-state index is 12.7. The summed E-state index contributed by atoms with van der Waals surface area (Å²) >= 11 is 0. The lowest BCUT2D eigenvalue weighted by Gasteiger charge is -2.36. The second-order valence-electron chi connectivity index (χ2n) is 6.40. The molecule has 0 saturated heterocycles. The first kappa shape index (κ1) is 18.7. The summed E-state index contributed by atoms with van der Waals surface area (Å²) in [5, 5.41) is 2.98. The maximum Gasteiger partial charge on any atom is 0.256 e. The minimum Gasteiger partial charge on any atom is -0.491 e. The molecule has 1 aliphatic rings. The topological polar surface area (TPSA) is 56.8 Å². The van der Waals surface area contributed by atoms with Crippen molar-refractivity contribution in [3.63, 3.8) is 0 Å². The average molecular weight is 335 g/mol. The smallest absolute Gasteiger partial charge is 0.256 e. The van der Waals surface area contributed by atoms with Crippen LogP contribution in [0, 0.1) is 5.92 Å². The van der Waals surface area contributed by atoms with Crippen molar-refractivity contribution in [3.8, 4) is 5.75 Å². The highest BCUT2D eigenvalue weighted by atomic mass is 16.5. The molecule has 0 heterocycles. The van der Waals surface area contributed by atoms with Crippen molar-refractivity contribution >= 4 is 11.6 Å². The van der Waals surface area contributed by atoms with E-state index < -0.39 is 5.60 Å². The minimum absolute atomic E-state index is 0.0538. The van der Waals surface area contributed by atoms with E-state index in [-0.39, 0.29) is 5.91 Å². The fourth-order valence-corrected chi connectivity index (χ4v) is 2.99. The molecule has 0 atom stereocenters. The van der Waals surface area contributed by atoms with E-state index in [1.54, 1.807) is 7.11 Å². The van der Waals surface area contributed by atoms with Crippen LogP contribution in [0.3, 0.4) is 0 Å². The van der Waals surface area contributed by atoms with E-state index >= 15 is 0 Å². The summed E-state index contributed by atoms with van der Waals surface area (Å²) in [5.74, 6) is 1.37. The van der Waals surface area contributed by atoms with Gasteiger partial charge in [-0.15, -0.1) is 0 Å². The van der Waals surface area contributed by atoms with Crippen LogP contribution in [-0.4, -0.2) is 38.4 Å². The van der Waals surface area contributed by atoms with Crippen LogP contribution in [0.1, 0.15) is 39.5 Å². The summed E-state index contributed by atoms with van der Waals surface area (Å²) in [6.45, 7) is 5.96. The number of carbonyl (C=O) groups is 1. The van der Waals surface area contributed by atoms with Crippen molar-refractivity contribution in [1.82, 2.24) is 0 Å². The second-order valence-corrected chi connectivity index (χ2v) is 6.40. The molecule has 5 nitrogen and oxygen atoms in total. The summed E-state index contributed by atoms with van der Waals surface area (Å²) in [5.41, 5.74) is 0.0614. The first-order valence-electron chi connectivity index (χ1n) is 8.77. The van der Waals surface area contributed by atoms with Gasteiger partial charge >= 0.3 is 0 Å². The van der Waals surface area contributed by atoms with Crippen LogP contribution in [0.25, 0.3) is 0 Å². The number of benzene rings is 1. The molecule has 0 aliphatic heterocycles. The van der Waals surface area contributed by atoms with E-state index in [0.29, 0.717) is 25.7 Å². The van der Waals surface area contributed by atoms with Crippen LogP contribution >= 0.6 is 0 Å². The first-order valence-corrected chi connectivity index (χ1v) is 8.77. The van der Waals surface area contributed by atoms with Gasteiger partial charge in [0.1, 0.15) is 18.0 Å². The zero-order chi connectivity index (χ0) is 17.4. The van der Waals surface area contributed by atoms with Gasteiger partial charge in [0.25, 0.3) is 5.91 Å². The van der Waals surface area contributed by atoms with Crippen molar-refractivity contribution in [2.24, 2.45) is 5.92 Å². The summed E-state index contributed by atoms with van der Waals surface area (Å²) in [4.78, 5) is 12.7. The highest BCUT2D eigenvalue weighted by Gasteiger charge is 2.41. The quantitative estimate of drug-likeness (QED) is 0.737. The molecule has 2 rings (SSSR count). The third-order valence-corrected chi connectivity index (χ3v) is 4.70. The Labute approximate surface area is 144 Å². The number of hydrogen-bond acceptors (Lipinski definition) is 4. The van der Waals surface area contributed by atoms with Crippen LogP contribution in [0.2, 0.25) is 0 Å². The van der Waals surface area contributed by atoms with Gasteiger partial charge in [0, 0.05) is 19.4 Å². The Morgan fingerprint density at radius 2 is 1.88 bits per heavy atom. The molecular weight excluding hydrogens is 306 g/mol. The van der Waals surface area contributed by atoms with E-state index in [2.05, 4.69) is 12.2 Å². The van der Waals surface area contributed by atoms with Gasteiger partial charge in [-0.25, -0.2) is 0 Å². The first-order chi connectivity index (χ1) is 11.6. The predicted molar refractivity (Wildman–Crippen MR) is 94.4 cm³/mol. The number of anilines is 1. The number of rotatable bonds is 8. The number of carbonyl (C=O) groups excluding carboxylic acids is 1. The average Bonchev–Trinajstić information content (AvgIpc) is 2.61. The Balaban J connectivity index is 1.89. The lowest BCUT2D eigenvalue weighted by molar-refractivity contribution is -0.142. The fourth-order valence-electron chi connectivity index (χ4n) is 2.99. The molecule has 1 amide bonds. The highest BCUT2D eigenvalue weighted by molar-refractivity contribution is 5.97. The van der Waals surface area contributed by atoms with Gasteiger partial charge in [0.2, 0.25) is 0 Å². The van der Waals surface area contributed by atoms with Gasteiger partial charge < -0.3 is 19.5 Å². The summed E-state index contributed by atoms with van der Waals surface area (Å²) in [6.07, 6.45) is 3.59. The minimum atomic E-state index is -0.695. The summed E-state index contributed by atoms with van der Waals surface area (Å²) in [7, 11) is 1.63. The summed E-state index contributed by atoms with van der Waals surface area (Å²) < 4.78 is 16.4. The molecule has 0 radical (unpaired) electrons. The normalized spacial score (nSPS) is 23.7. The molecule has 1 N–H and O–H groups in total. The molecule has 5 heteroatoms. The molecule has 1 aliphatic carbocycles. The molecule has 0 bridgehead atoms. The van der Waals surface area contributed by atoms with E-state index in [0.717, 1.165) is 37.1 Å². The molecule has 0 spiro atoms. The largest absolute Gasteiger partial charge is 0.491 e. The molecule has 0 unspecified atom stereocenters. The lowest BCUT2D eigenvalue weighted by Crippen LogP contribution is -2.47. The number of amides is 1. The van der Waals surface area contributed by atoms with Gasteiger partial charge in [-0.05, 0) is 62.8 Å². The molecular formula is C19H29NO4. The third-order valence-electron chi connectivity index (χ3n) is 4.70. The van der Waals surface area contributed by atoms with Crippen molar-refractivity contribution < 1.29 is 19.0 Å². The Hall–Kier alpha value is -1.59. The molecule has 1 fully saturated rings. The zero-order valence-corrected chi connectivity index (χ0v) is 15.0. The number of methoxy groups -OCH3 is 1. The highest BCUT2D eigenvalue weighted by Crippen LogP contribution is 2.35. The van der Waals surface area contributed by atoms with Gasteiger partial charge in [-0.3, -0.25) is 4.79 Å². The van der Waals surface area contributed by atoms with Gasteiger partial charge in [0.05, 0.1) is 6.61 Å². The number of ether oxygens (including phenoxy) is 3. The van der Waals surface area contributed by atoms with E-state index in [1.165, 1.54) is 0 Å². The van der Waals surface area contributed by atoms with Crippen molar-refractivity contribution in [2.75, 3.05) is 32.2 Å². The van der Waals surface area contributed by atoms with Gasteiger partial charge in [-0.1, -0.05) is 6.92 Å². The maximum absolute atomic E-state index is 12.7. The van der Waals surface area contributed by atoms with E-state index in [1.807, 2.05) is 31.2 Å². The van der Waals surface area contributed by atoms with Gasteiger partial charge in [0.15, 0.2) is 0 Å². The Morgan fingerprint density at radius 3 is 2.46 bits per heavy atom. The van der Waals surface area contributed by atoms with Crippen LogP contribution in [0.4, 0.5) is 5.69 Å². The van der Waals surface area contributed by atoms with Gasteiger partial charge in [-0.2, -0.15) is 0 Å². The number of hydrogen-bond donors (Lipinski definition) is 1. The third kappa shape index (κ3) is 4.95. The standard InChI is InChI=1S/C19H29NO4/c1-4-23-13-14-24-17-7-5-16(6-8-17)20-18(21)19(22-3)11-9-15(2)10-12-19/h5-8,15H,4,9-14H2,1-3H3,(H,20,21). The van der Waals surface area contributed by atoms with Crippen LogP contribution in [-0.2, 0) is 14.3 Å². The zero-order valence-electron chi connectivity index (χ0n) is 15.0. The molecule has 1 aromatic rings. The lowest BCUT2D eigenvalue weighted by atomic mass is 9.79. The van der Waals surface area contributed by atoms with Crippen molar-refractivity contribution in [1.29, 1.82) is 0 Å². The number of nitrogens with one attached hydrogen (secondary N) is 1. The molecule has 0 aromatic heterocycles. The Kier molecular flexibility index (Phi) is 7.06. The van der Waals surface area contributed by atoms with Crippen LogP contribution < -0.4 is 10.1 Å². The fraction of sp³-hybridized carbons (Fsp3) is 0.632. The van der Waals surface area contributed by atoms with Crippen LogP contribution in [0.5, 0.6) is 5.75 Å². The van der Waals surface area contributed by atoms with Crippen molar-refractivity contribution in [3.05, 3.63) is 24.3 Å². The molecule has 24 heavy (non-hydrogen) atoms. The predicted octanol–water partition coefficient (Wildman–Crippen LogP) is 3.64. The second kappa shape index (κ2) is 9.04. The van der Waals surface area contributed by atoms with E-state index in [9.17, 15) is 4.79 Å². The summed E-state index contributed by atoms with van der Waals surface area (Å²) in [6, 6.07) is 7.40. The van der Waals surface area contributed by atoms with Crippen molar-refractivity contribution in [2.45, 2.75) is 45.1 Å². The Morgan fingerprint density at radius 1 is 1.21 bits per heavy atom. The molecule has 1 saturated carbocycles. The monoisotopic (exact) mass is 335 g/mol. The molecule has 134 valence electrons.